The predicted molar refractivity (Wildman–Crippen MR) is 590 cm³/mol. The van der Waals surface area contributed by atoms with Crippen molar-refractivity contribution < 1.29 is 8.83 Å². The standard InChI is InChI=1S/C38H24O.C36H24.C32H20O.C30H20/c1-2-11-26(12-3-1)36-30-14-4-6-16-32(30)37(33-17-7-5-15-31(33)36)27-23-21-25(22-24-27)28-18-10-19-34-29-13-8-9-20-35(29)39-38(28)34;1-2-12-27(13-3-1)35-31-16-6-8-18-33(31)36(34-19-9-7-17-32(34)35)28-23-21-26(22-24-28)30-20-10-14-25-11-4-5-15-29(25)30;1-2-11-21(12-3-1)30-23-14-4-6-16-25(23)31(26-17-7-5-15-24(26)30)28-19-10-18-27-22-13-8-9-20-29(22)33-32(27)28;1-2-12-22(13-3-1)29-25-16-6-8-18-27(25)30(28-19-9-7-17-26(28)29)24-20-10-14-21-11-4-5-15-23(21)24/h1-24H;1-24H;1-20H;1-20H. The molecule has 0 radical (unpaired) electrons. The smallest absolute Gasteiger partial charge is 0.143 e. The van der Waals surface area contributed by atoms with Crippen LogP contribution in [0, 0.1) is 0 Å². The Bertz CT molecular complexity index is 9310. The van der Waals surface area contributed by atoms with Crippen LogP contribution in [-0.2, 0) is 0 Å². The topological polar surface area (TPSA) is 26.3 Å². The average Bonchev–Trinajstić information content (AvgIpc) is 1.50. The molecule has 28 aromatic rings. The van der Waals surface area contributed by atoms with E-state index in [1.54, 1.807) is 0 Å². The van der Waals surface area contributed by atoms with Crippen LogP contribution in [0.2, 0.25) is 0 Å². The molecule has 0 N–H and O–H groups in total. The number of fused-ring (bicyclic) bond motifs is 16. The molecule has 644 valence electrons. The molecule has 0 saturated carbocycles. The lowest BCUT2D eigenvalue weighted by Crippen LogP contribution is -1.91. The Morgan fingerprint density at radius 3 is 0.587 bits per heavy atom. The molecule has 2 nitrogen and oxygen atoms in total. The maximum Gasteiger partial charge on any atom is 0.143 e. The molecule has 2 heterocycles. The van der Waals surface area contributed by atoms with E-state index in [-0.39, 0.29) is 0 Å². The summed E-state index contributed by atoms with van der Waals surface area (Å²) in [5.41, 5.74) is 28.7. The number of hydrogen-bond donors (Lipinski definition) is 0. The first-order valence-electron chi connectivity index (χ1n) is 47.5. The fourth-order valence-electron chi connectivity index (χ4n) is 21.9. The van der Waals surface area contributed by atoms with Gasteiger partial charge in [0.1, 0.15) is 22.3 Å². The van der Waals surface area contributed by atoms with Crippen LogP contribution >= 0.6 is 0 Å². The molecule has 0 atom stereocenters. The van der Waals surface area contributed by atoms with Crippen LogP contribution in [0.5, 0.6) is 0 Å². The van der Waals surface area contributed by atoms with Crippen LogP contribution in [0.3, 0.4) is 0 Å². The van der Waals surface area contributed by atoms with E-state index in [0.29, 0.717) is 0 Å². The Hall–Kier alpha value is -18.1. The third-order valence-corrected chi connectivity index (χ3v) is 27.9. The van der Waals surface area contributed by atoms with Crippen molar-refractivity contribution in [2.75, 3.05) is 0 Å². The highest BCUT2D eigenvalue weighted by molar-refractivity contribution is 6.28. The predicted octanol–water partition coefficient (Wildman–Crippen LogP) is 38.7. The molecular weight excluding hydrogens is 1670 g/mol. The number of furan rings is 2. The van der Waals surface area contributed by atoms with Gasteiger partial charge in [0.15, 0.2) is 0 Å². The van der Waals surface area contributed by atoms with E-state index in [4.69, 9.17) is 8.83 Å². The summed E-state index contributed by atoms with van der Waals surface area (Å²) < 4.78 is 12.8. The maximum atomic E-state index is 6.45. The summed E-state index contributed by atoms with van der Waals surface area (Å²) in [5.74, 6) is 0. The second-order valence-electron chi connectivity index (χ2n) is 35.6. The summed E-state index contributed by atoms with van der Waals surface area (Å²) in [6.07, 6.45) is 0. The zero-order chi connectivity index (χ0) is 91.4. The van der Waals surface area contributed by atoms with Crippen molar-refractivity contribution in [2.45, 2.75) is 0 Å². The fourth-order valence-corrected chi connectivity index (χ4v) is 21.9. The minimum Gasteiger partial charge on any atom is -0.455 e. The normalized spacial score (nSPS) is 11.5. The molecule has 0 amide bonds. The van der Waals surface area contributed by atoms with E-state index < -0.39 is 0 Å². The van der Waals surface area contributed by atoms with Crippen LogP contribution in [0.4, 0.5) is 0 Å². The van der Waals surface area contributed by atoms with Gasteiger partial charge in [-0.05, 0) is 214 Å². The van der Waals surface area contributed by atoms with Gasteiger partial charge in [-0.25, -0.2) is 0 Å². The summed E-state index contributed by atoms with van der Waals surface area (Å²) >= 11 is 0. The molecule has 0 saturated heterocycles. The first kappa shape index (κ1) is 81.9. The molecule has 0 bridgehead atoms. The number of hydrogen-bond acceptors (Lipinski definition) is 2. The first-order valence-corrected chi connectivity index (χ1v) is 47.5. The zero-order valence-electron chi connectivity index (χ0n) is 75.6. The third-order valence-electron chi connectivity index (χ3n) is 27.9. The van der Waals surface area contributed by atoms with Gasteiger partial charge in [-0.2, -0.15) is 0 Å². The van der Waals surface area contributed by atoms with Crippen molar-refractivity contribution in [3.05, 3.63) is 534 Å². The maximum absolute atomic E-state index is 6.45. The Morgan fingerprint density at radius 1 is 0.0942 bits per heavy atom. The molecule has 0 aliphatic carbocycles. The second kappa shape index (κ2) is 35.5. The Kier molecular flexibility index (Phi) is 21.0. The van der Waals surface area contributed by atoms with Gasteiger partial charge in [0.05, 0.1) is 0 Å². The minimum absolute atomic E-state index is 0.924. The largest absolute Gasteiger partial charge is 0.455 e. The lowest BCUT2D eigenvalue weighted by atomic mass is 9.85. The molecule has 2 heteroatoms. The first-order chi connectivity index (χ1) is 68.6. The van der Waals surface area contributed by atoms with Gasteiger partial charge in [0, 0.05) is 38.2 Å². The molecule has 0 aliphatic heterocycles. The zero-order valence-corrected chi connectivity index (χ0v) is 75.6. The molecule has 0 spiro atoms. The quantitative estimate of drug-likeness (QED) is 0.128. The molecule has 26 aromatic carbocycles. The molecule has 0 aliphatic rings. The van der Waals surface area contributed by atoms with E-state index >= 15 is 0 Å². The monoisotopic (exact) mass is 1750 g/mol. The van der Waals surface area contributed by atoms with Crippen molar-refractivity contribution in [3.8, 4) is 111 Å². The Morgan fingerprint density at radius 2 is 0.275 bits per heavy atom. The van der Waals surface area contributed by atoms with Crippen molar-refractivity contribution in [3.63, 3.8) is 0 Å². The van der Waals surface area contributed by atoms with Crippen LogP contribution in [-0.4, -0.2) is 0 Å². The second-order valence-corrected chi connectivity index (χ2v) is 35.6. The highest BCUT2D eigenvalue weighted by atomic mass is 16.3. The third kappa shape index (κ3) is 14.5. The Balaban J connectivity index is 0.0000000979. The number of para-hydroxylation sites is 4. The van der Waals surface area contributed by atoms with Crippen LogP contribution < -0.4 is 0 Å². The van der Waals surface area contributed by atoms with Gasteiger partial charge in [0.25, 0.3) is 0 Å². The summed E-state index contributed by atoms with van der Waals surface area (Å²) in [5, 5.41) is 30.1. The molecule has 2 aromatic heterocycles. The van der Waals surface area contributed by atoms with E-state index in [9.17, 15) is 0 Å². The van der Waals surface area contributed by atoms with E-state index in [2.05, 4.69) is 510 Å². The van der Waals surface area contributed by atoms with E-state index in [0.717, 1.165) is 60.6 Å². The van der Waals surface area contributed by atoms with Crippen LogP contribution in [0.25, 0.3) is 263 Å². The van der Waals surface area contributed by atoms with Crippen LogP contribution in [0.1, 0.15) is 0 Å². The summed E-state index contributed by atoms with van der Waals surface area (Å²) in [4.78, 5) is 0. The van der Waals surface area contributed by atoms with Gasteiger partial charge in [0.2, 0.25) is 0 Å². The average molecular weight is 1750 g/mol. The van der Waals surface area contributed by atoms with Crippen LogP contribution in [0.15, 0.2) is 543 Å². The van der Waals surface area contributed by atoms with Gasteiger partial charge in [-0.3, -0.25) is 0 Å². The molecule has 0 fully saturated rings. The van der Waals surface area contributed by atoms with E-state index in [1.165, 1.54) is 202 Å². The summed E-state index contributed by atoms with van der Waals surface area (Å²) in [6, 6.07) is 191. The number of rotatable bonds is 10. The Labute approximate surface area is 799 Å². The highest BCUT2D eigenvalue weighted by Gasteiger charge is 2.25. The van der Waals surface area contributed by atoms with Crippen molar-refractivity contribution in [1.82, 2.24) is 0 Å². The lowest BCUT2D eigenvalue weighted by Gasteiger charge is -2.18. The lowest BCUT2D eigenvalue weighted by molar-refractivity contribution is 0.669. The molecule has 28 rings (SSSR count). The molecular formula is C136H88O2. The summed E-state index contributed by atoms with van der Waals surface area (Å²) in [7, 11) is 0. The van der Waals surface area contributed by atoms with Crippen molar-refractivity contribution >= 4 is 152 Å². The molecule has 0 unspecified atom stereocenters. The van der Waals surface area contributed by atoms with Gasteiger partial charge < -0.3 is 8.83 Å². The molecule has 138 heavy (non-hydrogen) atoms. The van der Waals surface area contributed by atoms with Gasteiger partial charge in [-0.15, -0.1) is 0 Å². The van der Waals surface area contributed by atoms with Gasteiger partial charge in [-0.1, -0.05) is 522 Å². The minimum atomic E-state index is 0.924. The summed E-state index contributed by atoms with van der Waals surface area (Å²) in [6.45, 7) is 0. The van der Waals surface area contributed by atoms with Crippen molar-refractivity contribution in [1.29, 1.82) is 0 Å². The van der Waals surface area contributed by atoms with E-state index in [1.807, 2.05) is 24.3 Å². The van der Waals surface area contributed by atoms with Gasteiger partial charge >= 0.3 is 0 Å². The number of benzene rings is 26. The fraction of sp³-hybridized carbons (Fsp3) is 0. The highest BCUT2D eigenvalue weighted by Crippen LogP contribution is 2.52. The van der Waals surface area contributed by atoms with Crippen molar-refractivity contribution in [2.24, 2.45) is 0 Å². The SMILES string of the molecule is c1ccc(-c2c3ccccc3c(-c3ccc(-c4cccc5c4oc4ccccc45)cc3)c3ccccc23)cc1.c1ccc(-c2c3ccccc3c(-c3ccc(-c4cccc5ccccc45)cc3)c3ccccc23)cc1.c1ccc(-c2c3ccccc3c(-c3cccc4c3oc3ccccc34)c3ccccc23)cc1.c1ccc(-c2c3ccccc3c(-c3cccc4ccccc34)c3ccccc23)cc1.